The van der Waals surface area contributed by atoms with Crippen molar-refractivity contribution in [3.63, 3.8) is 0 Å². The van der Waals surface area contributed by atoms with Gasteiger partial charge in [0.1, 0.15) is 11.5 Å². The smallest absolute Gasteiger partial charge is 0.255 e. The third-order valence-electron chi connectivity index (χ3n) is 3.73. The molecule has 0 unspecified atom stereocenters. The lowest BCUT2D eigenvalue weighted by Crippen LogP contribution is -2.45. The van der Waals surface area contributed by atoms with Crippen molar-refractivity contribution >= 4 is 18.3 Å². The molecular formula is C18H21ClN2O2. The Morgan fingerprint density at radius 2 is 1.83 bits per heavy atom. The number of halogens is 1. The van der Waals surface area contributed by atoms with E-state index in [0.717, 1.165) is 31.7 Å². The van der Waals surface area contributed by atoms with Gasteiger partial charge in [0.15, 0.2) is 0 Å². The molecule has 2 N–H and O–H groups in total. The lowest BCUT2D eigenvalue weighted by Gasteiger charge is -2.24. The van der Waals surface area contributed by atoms with Crippen molar-refractivity contribution < 1.29 is 9.53 Å². The molecule has 1 aliphatic rings. The first-order valence-electron chi connectivity index (χ1n) is 7.66. The number of carbonyl (C=O) groups is 1. The van der Waals surface area contributed by atoms with Crippen molar-refractivity contribution in [2.75, 3.05) is 13.1 Å². The van der Waals surface area contributed by atoms with Crippen LogP contribution in [0.1, 0.15) is 23.2 Å². The van der Waals surface area contributed by atoms with Gasteiger partial charge in [-0.25, -0.2) is 0 Å². The van der Waals surface area contributed by atoms with E-state index in [2.05, 4.69) is 10.6 Å². The van der Waals surface area contributed by atoms with Crippen molar-refractivity contribution in [2.24, 2.45) is 0 Å². The van der Waals surface area contributed by atoms with Gasteiger partial charge in [-0.1, -0.05) is 30.3 Å². The average Bonchev–Trinajstić information content (AvgIpc) is 2.57. The number of hydrogen-bond donors (Lipinski definition) is 2. The first-order valence-corrected chi connectivity index (χ1v) is 7.66. The maximum absolute atomic E-state index is 12.5. The van der Waals surface area contributed by atoms with Gasteiger partial charge in [0.25, 0.3) is 5.91 Å². The molecule has 1 heterocycles. The Morgan fingerprint density at radius 3 is 2.57 bits per heavy atom. The van der Waals surface area contributed by atoms with Crippen LogP contribution in [-0.4, -0.2) is 25.0 Å². The summed E-state index contributed by atoms with van der Waals surface area (Å²) in [6.07, 6.45) is 2.10. The first-order chi connectivity index (χ1) is 10.8. The van der Waals surface area contributed by atoms with Crippen molar-refractivity contribution in [1.82, 2.24) is 10.6 Å². The zero-order valence-corrected chi connectivity index (χ0v) is 13.6. The van der Waals surface area contributed by atoms with Crippen molar-refractivity contribution in [1.29, 1.82) is 0 Å². The minimum Gasteiger partial charge on any atom is -0.457 e. The summed E-state index contributed by atoms with van der Waals surface area (Å²) >= 11 is 0. The van der Waals surface area contributed by atoms with Crippen LogP contribution in [-0.2, 0) is 0 Å². The van der Waals surface area contributed by atoms with Gasteiger partial charge in [-0.05, 0) is 43.7 Å². The Balaban J connectivity index is 0.00000192. The molecule has 0 aliphatic carbocycles. The maximum atomic E-state index is 12.5. The van der Waals surface area contributed by atoms with E-state index in [-0.39, 0.29) is 24.4 Å². The van der Waals surface area contributed by atoms with Crippen molar-refractivity contribution in [2.45, 2.75) is 18.9 Å². The lowest BCUT2D eigenvalue weighted by atomic mass is 10.1. The summed E-state index contributed by atoms with van der Waals surface area (Å²) in [5.74, 6) is 1.22. The number of rotatable bonds is 4. The van der Waals surface area contributed by atoms with E-state index in [1.54, 1.807) is 6.07 Å². The second kappa shape index (κ2) is 8.56. The van der Waals surface area contributed by atoms with Crippen molar-refractivity contribution in [3.05, 3.63) is 60.2 Å². The second-order valence-corrected chi connectivity index (χ2v) is 5.43. The van der Waals surface area contributed by atoms with Crippen LogP contribution in [0.3, 0.4) is 0 Å². The third-order valence-corrected chi connectivity index (χ3v) is 3.73. The fourth-order valence-corrected chi connectivity index (χ4v) is 2.60. The molecule has 0 saturated carbocycles. The van der Waals surface area contributed by atoms with E-state index in [1.807, 2.05) is 48.5 Å². The van der Waals surface area contributed by atoms with Crippen LogP contribution < -0.4 is 15.4 Å². The Hall–Kier alpha value is -2.04. The van der Waals surface area contributed by atoms with Crippen LogP contribution in [0.2, 0.25) is 0 Å². The fourth-order valence-electron chi connectivity index (χ4n) is 2.60. The number of benzene rings is 2. The van der Waals surface area contributed by atoms with Crippen LogP contribution in [0.4, 0.5) is 0 Å². The topological polar surface area (TPSA) is 50.4 Å². The predicted molar refractivity (Wildman–Crippen MR) is 93.6 cm³/mol. The van der Waals surface area contributed by atoms with E-state index < -0.39 is 0 Å². The summed E-state index contributed by atoms with van der Waals surface area (Å²) in [7, 11) is 0. The van der Waals surface area contributed by atoms with Gasteiger partial charge in [0, 0.05) is 12.6 Å². The quantitative estimate of drug-likeness (QED) is 0.902. The molecular weight excluding hydrogens is 312 g/mol. The number of carbonyl (C=O) groups excluding carboxylic acids is 1. The van der Waals surface area contributed by atoms with Crippen LogP contribution in [0, 0.1) is 0 Å². The number of nitrogens with one attached hydrogen (secondary N) is 2. The maximum Gasteiger partial charge on any atom is 0.255 e. The fraction of sp³-hybridized carbons (Fsp3) is 0.278. The van der Waals surface area contributed by atoms with Crippen molar-refractivity contribution in [3.8, 4) is 11.5 Å². The molecule has 5 heteroatoms. The monoisotopic (exact) mass is 332 g/mol. The van der Waals surface area contributed by atoms with Gasteiger partial charge in [0.05, 0.1) is 5.56 Å². The number of para-hydroxylation sites is 2. The SMILES string of the molecule is Cl.O=C(N[C@H]1CCCNC1)c1ccccc1Oc1ccccc1. The molecule has 3 rings (SSSR count). The number of amides is 1. The second-order valence-electron chi connectivity index (χ2n) is 5.43. The molecule has 4 nitrogen and oxygen atoms in total. The van der Waals surface area contributed by atoms with Gasteiger partial charge in [-0.3, -0.25) is 4.79 Å². The molecule has 1 fully saturated rings. The zero-order valence-electron chi connectivity index (χ0n) is 12.8. The third kappa shape index (κ3) is 4.71. The molecule has 23 heavy (non-hydrogen) atoms. The summed E-state index contributed by atoms with van der Waals surface area (Å²) in [5.41, 5.74) is 0.567. The minimum absolute atomic E-state index is 0. The standard InChI is InChI=1S/C18H20N2O2.ClH/c21-18(20-14-7-6-12-19-13-14)16-10-4-5-11-17(16)22-15-8-2-1-3-9-15;/h1-5,8-11,14,19H,6-7,12-13H2,(H,20,21);1H/t14-;/m0./s1. The highest BCUT2D eigenvalue weighted by Gasteiger charge is 2.18. The lowest BCUT2D eigenvalue weighted by molar-refractivity contribution is 0.0928. The molecule has 0 aromatic heterocycles. The molecule has 122 valence electrons. The number of ether oxygens (including phenoxy) is 1. The van der Waals surface area contributed by atoms with E-state index >= 15 is 0 Å². The van der Waals surface area contributed by atoms with E-state index in [9.17, 15) is 4.79 Å². The number of piperidine rings is 1. The Morgan fingerprint density at radius 1 is 1.09 bits per heavy atom. The highest BCUT2D eigenvalue weighted by Crippen LogP contribution is 2.25. The minimum atomic E-state index is -0.0831. The van der Waals surface area contributed by atoms with Gasteiger partial charge < -0.3 is 15.4 Å². The molecule has 0 spiro atoms. The molecule has 1 amide bonds. The first kappa shape index (κ1) is 17.3. The normalized spacial score (nSPS) is 17.0. The highest BCUT2D eigenvalue weighted by atomic mass is 35.5. The van der Waals surface area contributed by atoms with Crippen LogP contribution in [0.15, 0.2) is 54.6 Å². The average molecular weight is 333 g/mol. The molecule has 1 atom stereocenters. The summed E-state index contributed by atoms with van der Waals surface area (Å²) in [4.78, 5) is 12.5. The van der Waals surface area contributed by atoms with E-state index in [1.165, 1.54) is 0 Å². The molecule has 2 aromatic carbocycles. The van der Waals surface area contributed by atoms with Crippen LogP contribution >= 0.6 is 12.4 Å². The molecule has 1 saturated heterocycles. The van der Waals surface area contributed by atoms with Gasteiger partial charge in [-0.2, -0.15) is 0 Å². The van der Waals surface area contributed by atoms with Crippen LogP contribution in [0.5, 0.6) is 11.5 Å². The van der Waals surface area contributed by atoms with Gasteiger partial charge >= 0.3 is 0 Å². The van der Waals surface area contributed by atoms with E-state index in [0.29, 0.717) is 11.3 Å². The van der Waals surface area contributed by atoms with Gasteiger partial charge in [-0.15, -0.1) is 12.4 Å². The molecule has 2 aromatic rings. The van der Waals surface area contributed by atoms with E-state index in [4.69, 9.17) is 4.74 Å². The summed E-state index contributed by atoms with van der Waals surface area (Å²) in [6.45, 7) is 1.85. The molecule has 0 bridgehead atoms. The largest absolute Gasteiger partial charge is 0.457 e. The Bertz CT molecular complexity index is 628. The summed E-state index contributed by atoms with van der Waals surface area (Å²) < 4.78 is 5.84. The Labute approximate surface area is 142 Å². The Kier molecular flexibility index (Phi) is 6.44. The molecule has 1 aliphatic heterocycles. The van der Waals surface area contributed by atoms with Crippen LogP contribution in [0.25, 0.3) is 0 Å². The number of hydrogen-bond acceptors (Lipinski definition) is 3. The van der Waals surface area contributed by atoms with Gasteiger partial charge in [0.2, 0.25) is 0 Å². The zero-order chi connectivity index (χ0) is 15.2. The predicted octanol–water partition coefficient (Wildman–Crippen LogP) is 3.38. The summed E-state index contributed by atoms with van der Waals surface area (Å²) in [5, 5.41) is 6.38. The molecule has 0 radical (unpaired) electrons. The summed E-state index contributed by atoms with van der Waals surface area (Å²) in [6, 6.07) is 17.0. The highest BCUT2D eigenvalue weighted by molar-refractivity contribution is 5.97.